The number of hydrogen-bond donors (Lipinski definition) is 0. The highest BCUT2D eigenvalue weighted by Crippen LogP contribution is 2.39. The van der Waals surface area contributed by atoms with Crippen LogP contribution >= 0.6 is 11.3 Å². The molecule has 0 bridgehead atoms. The number of nitrogens with zero attached hydrogens (tertiary/aromatic N) is 1. The first-order valence-corrected chi connectivity index (χ1v) is 11.2. The van der Waals surface area contributed by atoms with Crippen molar-refractivity contribution in [2.24, 2.45) is 5.92 Å². The van der Waals surface area contributed by atoms with Crippen LogP contribution in [-0.2, 0) is 0 Å². The van der Waals surface area contributed by atoms with Gasteiger partial charge in [0.05, 0.1) is 0 Å². The van der Waals surface area contributed by atoms with Crippen molar-refractivity contribution in [2.45, 2.75) is 26.7 Å². The Labute approximate surface area is 172 Å². The van der Waals surface area contributed by atoms with E-state index in [0.29, 0.717) is 11.8 Å². The monoisotopic (exact) mass is 387 g/mol. The smallest absolute Gasteiger partial charge is 0.0355 e. The predicted octanol–water partition coefficient (Wildman–Crippen LogP) is 7.16. The normalized spacial score (nSPS) is 14.0. The molecule has 1 heterocycles. The van der Waals surface area contributed by atoms with Crippen molar-refractivity contribution in [1.82, 2.24) is 4.90 Å². The van der Waals surface area contributed by atoms with Crippen LogP contribution in [0.5, 0.6) is 0 Å². The van der Waals surface area contributed by atoms with Crippen LogP contribution in [0.15, 0.2) is 72.8 Å². The van der Waals surface area contributed by atoms with Crippen molar-refractivity contribution in [2.75, 3.05) is 19.6 Å². The summed E-state index contributed by atoms with van der Waals surface area (Å²) in [4.78, 5) is 2.54. The summed E-state index contributed by atoms with van der Waals surface area (Å²) in [6.07, 6.45) is 0. The van der Waals surface area contributed by atoms with Gasteiger partial charge in [0.25, 0.3) is 0 Å². The maximum atomic E-state index is 2.54. The molecule has 0 saturated heterocycles. The molecule has 0 fully saturated rings. The first-order valence-electron chi connectivity index (χ1n) is 10.4. The van der Waals surface area contributed by atoms with E-state index in [1.165, 1.54) is 31.3 Å². The molecule has 0 N–H and O–H groups in total. The average Bonchev–Trinajstić information content (AvgIpc) is 3.11. The summed E-state index contributed by atoms with van der Waals surface area (Å²) in [5.41, 5.74) is 2.85. The van der Waals surface area contributed by atoms with Crippen LogP contribution in [0, 0.1) is 5.92 Å². The summed E-state index contributed by atoms with van der Waals surface area (Å²) >= 11 is 1.90. The van der Waals surface area contributed by atoms with Crippen molar-refractivity contribution in [3.05, 3.63) is 83.9 Å². The van der Waals surface area contributed by atoms with Crippen molar-refractivity contribution >= 4 is 31.5 Å². The van der Waals surface area contributed by atoms with Gasteiger partial charge in [-0.2, -0.15) is 0 Å². The van der Waals surface area contributed by atoms with Crippen molar-refractivity contribution in [1.29, 1.82) is 0 Å². The van der Waals surface area contributed by atoms with E-state index in [1.807, 2.05) is 11.3 Å². The standard InChI is InChI=1S/C26H29NS/c1-4-27(5-2)18-19(3)26(20-11-7-6-8-12-20)21-15-16-25-23(17-21)22-13-9-10-14-24(22)28-25/h6-17,19,26H,4-5,18H2,1-3H3. The van der Waals surface area contributed by atoms with E-state index < -0.39 is 0 Å². The largest absolute Gasteiger partial charge is 0.304 e. The molecule has 3 aromatic carbocycles. The van der Waals surface area contributed by atoms with Crippen LogP contribution in [0.25, 0.3) is 20.2 Å². The molecule has 4 aromatic rings. The van der Waals surface area contributed by atoms with Gasteiger partial charge in [-0.3, -0.25) is 0 Å². The summed E-state index contributed by atoms with van der Waals surface area (Å²) in [5.74, 6) is 0.953. The van der Waals surface area contributed by atoms with Crippen LogP contribution in [0.3, 0.4) is 0 Å². The van der Waals surface area contributed by atoms with Gasteiger partial charge in [-0.05, 0) is 48.3 Å². The Morgan fingerprint density at radius 3 is 2.18 bits per heavy atom. The lowest BCUT2D eigenvalue weighted by molar-refractivity contribution is 0.250. The van der Waals surface area contributed by atoms with E-state index in [0.717, 1.165) is 19.6 Å². The molecule has 0 aliphatic rings. The summed E-state index contributed by atoms with van der Waals surface area (Å²) in [7, 11) is 0. The topological polar surface area (TPSA) is 3.24 Å². The third-order valence-electron chi connectivity index (χ3n) is 5.93. The molecule has 0 saturated carbocycles. The van der Waals surface area contributed by atoms with Gasteiger partial charge in [0.1, 0.15) is 0 Å². The Morgan fingerprint density at radius 2 is 1.43 bits per heavy atom. The minimum absolute atomic E-state index is 0.407. The fraction of sp³-hybridized carbons (Fsp3) is 0.308. The van der Waals surface area contributed by atoms with Crippen LogP contribution in [0.4, 0.5) is 0 Å². The molecule has 1 nitrogen and oxygen atoms in total. The molecule has 0 radical (unpaired) electrons. The van der Waals surface area contributed by atoms with Crippen LogP contribution in [0.2, 0.25) is 0 Å². The number of fused-ring (bicyclic) bond motifs is 3. The van der Waals surface area contributed by atoms with Crippen molar-refractivity contribution in [3.8, 4) is 0 Å². The predicted molar refractivity (Wildman–Crippen MR) is 125 cm³/mol. The summed E-state index contributed by atoms with van der Waals surface area (Å²) in [6.45, 7) is 10.3. The molecular formula is C26H29NS. The van der Waals surface area contributed by atoms with Crippen LogP contribution in [-0.4, -0.2) is 24.5 Å². The maximum absolute atomic E-state index is 2.54. The number of benzene rings is 3. The van der Waals surface area contributed by atoms with Gasteiger partial charge in [0.2, 0.25) is 0 Å². The maximum Gasteiger partial charge on any atom is 0.0355 e. The van der Waals surface area contributed by atoms with E-state index >= 15 is 0 Å². The number of hydrogen-bond acceptors (Lipinski definition) is 2. The quantitative estimate of drug-likeness (QED) is 0.325. The Kier molecular flexibility index (Phi) is 5.79. The second-order valence-corrected chi connectivity index (χ2v) is 8.79. The lowest BCUT2D eigenvalue weighted by Crippen LogP contribution is -2.31. The fourth-order valence-corrected chi connectivity index (χ4v) is 5.53. The molecule has 4 rings (SSSR count). The lowest BCUT2D eigenvalue weighted by atomic mass is 9.81. The van der Waals surface area contributed by atoms with Gasteiger partial charge >= 0.3 is 0 Å². The molecule has 2 atom stereocenters. The molecule has 1 aromatic heterocycles. The first kappa shape index (κ1) is 19.2. The Balaban J connectivity index is 1.80. The summed E-state index contributed by atoms with van der Waals surface area (Å²) < 4.78 is 2.76. The zero-order valence-corrected chi connectivity index (χ0v) is 17.9. The second kappa shape index (κ2) is 8.46. The van der Waals surface area contributed by atoms with E-state index in [2.05, 4.69) is 98.5 Å². The van der Waals surface area contributed by atoms with Gasteiger partial charge < -0.3 is 4.90 Å². The van der Waals surface area contributed by atoms with Gasteiger partial charge in [-0.25, -0.2) is 0 Å². The SMILES string of the molecule is CCN(CC)CC(C)C(c1ccccc1)c1ccc2sc3ccccc3c2c1. The minimum atomic E-state index is 0.407. The molecular weight excluding hydrogens is 358 g/mol. The number of thiophene rings is 1. The van der Waals surface area contributed by atoms with Crippen molar-refractivity contribution < 1.29 is 0 Å². The molecule has 2 unspecified atom stereocenters. The Morgan fingerprint density at radius 1 is 0.750 bits per heavy atom. The zero-order chi connectivity index (χ0) is 19.5. The Hall–Kier alpha value is -2.16. The molecule has 0 amide bonds. The minimum Gasteiger partial charge on any atom is -0.304 e. The summed E-state index contributed by atoms with van der Waals surface area (Å²) in [5, 5.41) is 2.78. The van der Waals surface area contributed by atoms with E-state index in [-0.39, 0.29) is 0 Å². The lowest BCUT2D eigenvalue weighted by Gasteiger charge is -2.30. The highest BCUT2D eigenvalue weighted by atomic mass is 32.1. The first-order chi connectivity index (χ1) is 13.7. The van der Waals surface area contributed by atoms with Crippen LogP contribution < -0.4 is 0 Å². The third kappa shape index (κ3) is 3.72. The third-order valence-corrected chi connectivity index (χ3v) is 7.08. The number of rotatable bonds is 7. The van der Waals surface area contributed by atoms with Gasteiger partial charge in [0, 0.05) is 32.6 Å². The average molecular weight is 388 g/mol. The molecule has 0 aliphatic heterocycles. The van der Waals surface area contributed by atoms with Crippen LogP contribution in [0.1, 0.15) is 37.8 Å². The molecule has 28 heavy (non-hydrogen) atoms. The molecule has 0 aliphatic carbocycles. The van der Waals surface area contributed by atoms with E-state index in [4.69, 9.17) is 0 Å². The highest BCUT2D eigenvalue weighted by molar-refractivity contribution is 7.25. The Bertz CT molecular complexity index is 1050. The van der Waals surface area contributed by atoms with Gasteiger partial charge in [0.15, 0.2) is 0 Å². The van der Waals surface area contributed by atoms with E-state index in [1.54, 1.807) is 0 Å². The zero-order valence-electron chi connectivity index (χ0n) is 17.1. The molecule has 0 spiro atoms. The second-order valence-electron chi connectivity index (χ2n) is 7.71. The molecule has 144 valence electrons. The molecule has 2 heteroatoms. The van der Waals surface area contributed by atoms with Gasteiger partial charge in [-0.15, -0.1) is 11.3 Å². The van der Waals surface area contributed by atoms with E-state index in [9.17, 15) is 0 Å². The fourth-order valence-electron chi connectivity index (χ4n) is 4.44. The van der Waals surface area contributed by atoms with Crippen molar-refractivity contribution in [3.63, 3.8) is 0 Å². The van der Waals surface area contributed by atoms with Gasteiger partial charge in [-0.1, -0.05) is 75.4 Å². The summed E-state index contributed by atoms with van der Waals surface area (Å²) in [6, 6.07) is 27.0. The highest BCUT2D eigenvalue weighted by Gasteiger charge is 2.23.